The lowest BCUT2D eigenvalue weighted by molar-refractivity contribution is 0.103. The molecule has 2 aromatic heterocycles. The van der Waals surface area contributed by atoms with Crippen LogP contribution in [0.5, 0.6) is 5.88 Å². The first-order valence-electron chi connectivity index (χ1n) is 5.14. The van der Waals surface area contributed by atoms with E-state index in [1.807, 2.05) is 12.1 Å². The highest BCUT2D eigenvalue weighted by atomic mass is 16.3. The van der Waals surface area contributed by atoms with E-state index in [4.69, 9.17) is 4.42 Å². The summed E-state index contributed by atoms with van der Waals surface area (Å²) in [5.74, 6) is -0.369. The average Bonchev–Trinajstić information content (AvgIpc) is 2.94. The highest BCUT2D eigenvalue weighted by Gasteiger charge is 2.19. The van der Waals surface area contributed by atoms with Crippen molar-refractivity contribution < 1.29 is 14.3 Å². The fourth-order valence-electron chi connectivity index (χ4n) is 1.90. The Bertz CT molecular complexity index is 680. The van der Waals surface area contributed by atoms with Crippen molar-refractivity contribution in [3.63, 3.8) is 0 Å². The summed E-state index contributed by atoms with van der Waals surface area (Å²) >= 11 is 0. The number of benzene rings is 1. The molecule has 4 nitrogen and oxygen atoms in total. The zero-order valence-electron chi connectivity index (χ0n) is 8.81. The molecule has 0 amide bonds. The normalized spacial score (nSPS) is 10.8. The van der Waals surface area contributed by atoms with Crippen LogP contribution in [-0.4, -0.2) is 15.9 Å². The zero-order valence-corrected chi connectivity index (χ0v) is 8.81. The lowest BCUT2D eigenvalue weighted by Crippen LogP contribution is -1.98. The summed E-state index contributed by atoms with van der Waals surface area (Å²) < 4.78 is 4.87. The number of carbonyl (C=O) groups is 1. The molecule has 0 fully saturated rings. The molecule has 0 aliphatic heterocycles. The van der Waals surface area contributed by atoms with Crippen LogP contribution in [0.4, 0.5) is 0 Å². The van der Waals surface area contributed by atoms with E-state index in [-0.39, 0.29) is 17.2 Å². The van der Waals surface area contributed by atoms with E-state index in [0.717, 1.165) is 5.52 Å². The van der Waals surface area contributed by atoms with Crippen LogP contribution in [0, 0.1) is 0 Å². The molecule has 84 valence electrons. The topological polar surface area (TPSA) is 66.2 Å². The highest BCUT2D eigenvalue weighted by molar-refractivity contribution is 6.18. The lowest BCUT2D eigenvalue weighted by atomic mass is 10.0. The number of furan rings is 1. The second-order valence-corrected chi connectivity index (χ2v) is 3.74. The molecule has 0 radical (unpaired) electrons. The van der Waals surface area contributed by atoms with Crippen LogP contribution in [0.2, 0.25) is 0 Å². The maximum atomic E-state index is 12.2. The Labute approximate surface area is 96.5 Å². The first kappa shape index (κ1) is 9.72. The smallest absolute Gasteiger partial charge is 0.202 e. The van der Waals surface area contributed by atoms with Gasteiger partial charge in [-0.1, -0.05) is 18.2 Å². The van der Waals surface area contributed by atoms with Crippen molar-refractivity contribution in [2.24, 2.45) is 0 Å². The lowest BCUT2D eigenvalue weighted by Gasteiger charge is -1.96. The third-order valence-electron chi connectivity index (χ3n) is 2.70. The first-order valence-corrected chi connectivity index (χ1v) is 5.14. The summed E-state index contributed by atoms with van der Waals surface area (Å²) in [6.45, 7) is 0. The van der Waals surface area contributed by atoms with Gasteiger partial charge in [0, 0.05) is 10.9 Å². The maximum Gasteiger partial charge on any atom is 0.202 e. The van der Waals surface area contributed by atoms with Gasteiger partial charge in [0.2, 0.25) is 11.7 Å². The fourth-order valence-corrected chi connectivity index (χ4v) is 1.90. The van der Waals surface area contributed by atoms with Crippen LogP contribution >= 0.6 is 0 Å². The molecular weight excluding hydrogens is 218 g/mol. The zero-order chi connectivity index (χ0) is 11.8. The second kappa shape index (κ2) is 3.52. The third kappa shape index (κ3) is 1.42. The van der Waals surface area contributed by atoms with Gasteiger partial charge in [0.05, 0.1) is 17.4 Å². The van der Waals surface area contributed by atoms with E-state index < -0.39 is 0 Å². The van der Waals surface area contributed by atoms with Crippen molar-refractivity contribution >= 4 is 16.7 Å². The van der Waals surface area contributed by atoms with Crippen LogP contribution in [-0.2, 0) is 0 Å². The predicted octanol–water partition coefficient (Wildman–Crippen LogP) is 2.70. The molecule has 0 bridgehead atoms. The number of hydrogen-bond acceptors (Lipinski definition) is 3. The predicted molar refractivity (Wildman–Crippen MR) is 62.1 cm³/mol. The number of aromatic nitrogens is 1. The van der Waals surface area contributed by atoms with Crippen LogP contribution in [0.1, 0.15) is 15.9 Å². The van der Waals surface area contributed by atoms with Gasteiger partial charge in [0.15, 0.2) is 0 Å². The van der Waals surface area contributed by atoms with E-state index >= 15 is 0 Å². The van der Waals surface area contributed by atoms with Crippen molar-refractivity contribution in [2.75, 3.05) is 0 Å². The van der Waals surface area contributed by atoms with E-state index in [9.17, 15) is 9.90 Å². The van der Waals surface area contributed by atoms with Crippen molar-refractivity contribution in [1.82, 2.24) is 4.98 Å². The van der Waals surface area contributed by atoms with E-state index in [1.165, 1.54) is 12.5 Å². The van der Waals surface area contributed by atoms with Crippen molar-refractivity contribution in [1.29, 1.82) is 0 Å². The summed E-state index contributed by atoms with van der Waals surface area (Å²) in [5, 5.41) is 10.5. The molecule has 0 saturated heterocycles. The Morgan fingerprint density at radius 1 is 1.24 bits per heavy atom. The molecule has 4 heteroatoms. The minimum atomic E-state index is -0.256. The van der Waals surface area contributed by atoms with Crippen LogP contribution in [0.15, 0.2) is 47.3 Å². The fraction of sp³-hybridized carbons (Fsp3) is 0. The van der Waals surface area contributed by atoms with E-state index in [2.05, 4.69) is 4.98 Å². The van der Waals surface area contributed by atoms with E-state index in [1.54, 1.807) is 18.2 Å². The molecule has 3 aromatic rings. The number of aromatic hydroxyl groups is 1. The first-order chi connectivity index (χ1) is 8.27. The van der Waals surface area contributed by atoms with Gasteiger partial charge in [-0.2, -0.15) is 0 Å². The highest BCUT2D eigenvalue weighted by Crippen LogP contribution is 2.29. The molecule has 0 spiro atoms. The number of aromatic amines is 1. The van der Waals surface area contributed by atoms with Gasteiger partial charge in [-0.3, -0.25) is 4.79 Å². The maximum absolute atomic E-state index is 12.2. The van der Waals surface area contributed by atoms with Gasteiger partial charge < -0.3 is 14.5 Å². The number of fused-ring (bicyclic) bond motifs is 1. The Morgan fingerprint density at radius 2 is 2.06 bits per heavy atom. The summed E-state index contributed by atoms with van der Waals surface area (Å²) in [6, 6.07) is 8.83. The Kier molecular flexibility index (Phi) is 2.01. The van der Waals surface area contributed by atoms with Crippen LogP contribution in [0.25, 0.3) is 10.9 Å². The van der Waals surface area contributed by atoms with Crippen LogP contribution < -0.4 is 0 Å². The van der Waals surface area contributed by atoms with Gasteiger partial charge in [-0.05, 0) is 12.1 Å². The summed E-state index contributed by atoms with van der Waals surface area (Å²) in [6.07, 6.45) is 2.79. The second-order valence-electron chi connectivity index (χ2n) is 3.74. The minimum Gasteiger partial charge on any atom is -0.494 e. The van der Waals surface area contributed by atoms with Gasteiger partial charge >= 0.3 is 0 Å². The quantitative estimate of drug-likeness (QED) is 0.661. The molecule has 0 saturated carbocycles. The van der Waals surface area contributed by atoms with Crippen molar-refractivity contribution in [3.8, 4) is 5.88 Å². The third-order valence-corrected chi connectivity index (χ3v) is 2.70. The Balaban J connectivity index is 2.24. The number of rotatable bonds is 2. The molecule has 0 unspecified atom stereocenters. The summed E-state index contributed by atoms with van der Waals surface area (Å²) in [4.78, 5) is 14.9. The average molecular weight is 227 g/mol. The van der Waals surface area contributed by atoms with Crippen molar-refractivity contribution in [3.05, 3.63) is 54.0 Å². The monoisotopic (exact) mass is 227 g/mol. The van der Waals surface area contributed by atoms with Gasteiger partial charge in [0.25, 0.3) is 0 Å². The minimum absolute atomic E-state index is 0.114. The molecular formula is C13H9NO3. The molecule has 0 aliphatic carbocycles. The number of hydrogen-bond donors (Lipinski definition) is 2. The molecule has 1 aromatic carbocycles. The number of H-pyrrole nitrogens is 1. The summed E-state index contributed by atoms with van der Waals surface area (Å²) in [5.41, 5.74) is 1.43. The Hall–Kier alpha value is -2.49. The molecule has 17 heavy (non-hydrogen) atoms. The van der Waals surface area contributed by atoms with Gasteiger partial charge in [0.1, 0.15) is 6.26 Å². The largest absolute Gasteiger partial charge is 0.494 e. The van der Waals surface area contributed by atoms with E-state index in [0.29, 0.717) is 10.9 Å². The Morgan fingerprint density at radius 3 is 2.82 bits per heavy atom. The molecule has 0 atom stereocenters. The van der Waals surface area contributed by atoms with Gasteiger partial charge in [-0.25, -0.2) is 0 Å². The molecule has 0 aliphatic rings. The van der Waals surface area contributed by atoms with Crippen molar-refractivity contribution in [2.45, 2.75) is 0 Å². The van der Waals surface area contributed by atoms with Gasteiger partial charge in [-0.15, -0.1) is 0 Å². The number of para-hydroxylation sites is 1. The molecule has 2 N–H and O–H groups in total. The van der Waals surface area contributed by atoms with Crippen LogP contribution in [0.3, 0.4) is 0 Å². The molecule has 3 rings (SSSR count). The number of carbonyl (C=O) groups excluding carboxylic acids is 1. The molecule has 2 heterocycles. The number of nitrogens with one attached hydrogen (secondary N) is 1. The standard InChI is InChI=1S/C13H9NO3/c15-12(8-5-6-17-7-8)11-9-3-1-2-4-10(9)14-13(11)16/h1-7,14,16H. The SMILES string of the molecule is O=C(c1ccoc1)c1c(O)[nH]c2ccccc12. The number of ketones is 1. The summed E-state index contributed by atoms with van der Waals surface area (Å²) in [7, 11) is 0.